The Kier molecular flexibility index (Phi) is 5.50. The average Bonchev–Trinajstić information content (AvgIpc) is 2.49. The van der Waals surface area contributed by atoms with Gasteiger partial charge in [0, 0.05) is 29.8 Å². The molecule has 0 unspecified atom stereocenters. The number of halogens is 1. The highest BCUT2D eigenvalue weighted by atomic mass is 79.9. The SMILES string of the molecule is CCC1(CC)CCN(c2cc(Br)ccc2CNC)CC1. The number of benzene rings is 1. The van der Waals surface area contributed by atoms with Gasteiger partial charge >= 0.3 is 0 Å². The van der Waals surface area contributed by atoms with Gasteiger partial charge in [0.15, 0.2) is 0 Å². The standard InChI is InChI=1S/C17H27BrN2/c1-4-17(5-2)8-10-20(11-9-17)16-12-15(18)7-6-14(16)13-19-3/h6-7,12,19H,4-5,8-11,13H2,1-3H3. The molecular weight excluding hydrogens is 312 g/mol. The zero-order valence-electron chi connectivity index (χ0n) is 13.0. The van der Waals surface area contributed by atoms with Crippen LogP contribution in [-0.2, 0) is 6.54 Å². The Hall–Kier alpha value is -0.540. The zero-order valence-corrected chi connectivity index (χ0v) is 14.6. The molecule has 0 amide bonds. The van der Waals surface area contributed by atoms with E-state index in [9.17, 15) is 0 Å². The van der Waals surface area contributed by atoms with Gasteiger partial charge in [-0.1, -0.05) is 48.7 Å². The van der Waals surface area contributed by atoms with Gasteiger partial charge in [-0.15, -0.1) is 0 Å². The fraction of sp³-hybridized carbons (Fsp3) is 0.647. The molecule has 0 aliphatic carbocycles. The summed E-state index contributed by atoms with van der Waals surface area (Å²) in [5, 5.41) is 3.28. The molecule has 20 heavy (non-hydrogen) atoms. The Morgan fingerprint density at radius 1 is 1.20 bits per heavy atom. The van der Waals surface area contributed by atoms with Crippen LogP contribution in [0.4, 0.5) is 5.69 Å². The van der Waals surface area contributed by atoms with Gasteiger partial charge in [-0.05, 0) is 43.0 Å². The first-order valence-corrected chi connectivity index (χ1v) is 8.61. The molecule has 0 saturated carbocycles. The van der Waals surface area contributed by atoms with E-state index >= 15 is 0 Å². The van der Waals surface area contributed by atoms with Crippen molar-refractivity contribution in [2.45, 2.75) is 46.1 Å². The summed E-state index contributed by atoms with van der Waals surface area (Å²) in [4.78, 5) is 2.57. The molecule has 1 aliphatic heterocycles. The average molecular weight is 339 g/mol. The van der Waals surface area contributed by atoms with Crippen LogP contribution in [0, 0.1) is 5.41 Å². The smallest absolute Gasteiger partial charge is 0.0423 e. The minimum atomic E-state index is 0.589. The monoisotopic (exact) mass is 338 g/mol. The van der Waals surface area contributed by atoms with Crippen molar-refractivity contribution in [1.82, 2.24) is 5.32 Å². The second-order valence-corrected chi connectivity index (χ2v) is 6.91. The second-order valence-electron chi connectivity index (χ2n) is 6.00. The maximum atomic E-state index is 3.62. The number of rotatable bonds is 5. The van der Waals surface area contributed by atoms with Crippen LogP contribution in [0.1, 0.15) is 45.1 Å². The molecule has 2 rings (SSSR count). The van der Waals surface area contributed by atoms with E-state index in [0.29, 0.717) is 5.41 Å². The van der Waals surface area contributed by atoms with Crippen LogP contribution < -0.4 is 10.2 Å². The molecular formula is C17H27BrN2. The van der Waals surface area contributed by atoms with E-state index in [0.717, 1.165) is 6.54 Å². The van der Waals surface area contributed by atoms with Crippen molar-refractivity contribution in [1.29, 1.82) is 0 Å². The summed E-state index contributed by atoms with van der Waals surface area (Å²) in [6, 6.07) is 6.65. The Morgan fingerprint density at radius 2 is 1.85 bits per heavy atom. The predicted molar refractivity (Wildman–Crippen MR) is 91.4 cm³/mol. The lowest BCUT2D eigenvalue weighted by Gasteiger charge is -2.42. The van der Waals surface area contributed by atoms with Gasteiger partial charge in [-0.3, -0.25) is 0 Å². The summed E-state index contributed by atoms with van der Waals surface area (Å²) in [6.45, 7) is 8.02. The molecule has 112 valence electrons. The molecule has 0 aromatic heterocycles. The molecule has 1 heterocycles. The minimum Gasteiger partial charge on any atom is -0.371 e. The van der Waals surface area contributed by atoms with E-state index in [2.05, 4.69) is 58.2 Å². The highest BCUT2D eigenvalue weighted by molar-refractivity contribution is 9.10. The molecule has 0 spiro atoms. The van der Waals surface area contributed by atoms with Crippen molar-refractivity contribution in [2.24, 2.45) is 5.41 Å². The van der Waals surface area contributed by atoms with Gasteiger partial charge in [0.1, 0.15) is 0 Å². The Labute approximate surface area is 132 Å². The van der Waals surface area contributed by atoms with Gasteiger partial charge in [0.05, 0.1) is 0 Å². The number of hydrogen-bond donors (Lipinski definition) is 1. The minimum absolute atomic E-state index is 0.589. The molecule has 1 N–H and O–H groups in total. The zero-order chi connectivity index (χ0) is 14.6. The summed E-state index contributed by atoms with van der Waals surface area (Å²) < 4.78 is 1.18. The maximum Gasteiger partial charge on any atom is 0.0423 e. The van der Waals surface area contributed by atoms with Gasteiger partial charge in [-0.2, -0.15) is 0 Å². The van der Waals surface area contributed by atoms with E-state index in [1.54, 1.807) is 0 Å². The first-order valence-electron chi connectivity index (χ1n) is 7.82. The van der Waals surface area contributed by atoms with Crippen LogP contribution in [0.5, 0.6) is 0 Å². The van der Waals surface area contributed by atoms with Crippen molar-refractivity contribution in [3.8, 4) is 0 Å². The predicted octanol–water partition coefficient (Wildman–Crippen LogP) is 4.58. The lowest BCUT2D eigenvalue weighted by atomic mass is 9.74. The molecule has 1 saturated heterocycles. The fourth-order valence-electron chi connectivity index (χ4n) is 3.35. The van der Waals surface area contributed by atoms with Crippen LogP contribution in [-0.4, -0.2) is 20.1 Å². The molecule has 0 atom stereocenters. The van der Waals surface area contributed by atoms with Crippen LogP contribution in [0.25, 0.3) is 0 Å². The molecule has 0 bridgehead atoms. The van der Waals surface area contributed by atoms with Gasteiger partial charge in [0.25, 0.3) is 0 Å². The molecule has 0 radical (unpaired) electrons. The molecule has 1 fully saturated rings. The van der Waals surface area contributed by atoms with Crippen molar-refractivity contribution in [3.05, 3.63) is 28.2 Å². The molecule has 1 aliphatic rings. The quantitative estimate of drug-likeness (QED) is 0.845. The summed E-state index contributed by atoms with van der Waals surface area (Å²) in [5.74, 6) is 0. The van der Waals surface area contributed by atoms with Crippen LogP contribution in [0.15, 0.2) is 22.7 Å². The van der Waals surface area contributed by atoms with Crippen molar-refractivity contribution in [2.75, 3.05) is 25.0 Å². The number of anilines is 1. The first-order chi connectivity index (χ1) is 9.64. The number of nitrogens with zero attached hydrogens (tertiary/aromatic N) is 1. The van der Waals surface area contributed by atoms with Gasteiger partial charge < -0.3 is 10.2 Å². The summed E-state index contributed by atoms with van der Waals surface area (Å²) >= 11 is 3.62. The maximum absolute atomic E-state index is 3.62. The number of piperidine rings is 1. The molecule has 1 aromatic rings. The molecule has 2 nitrogen and oxygen atoms in total. The van der Waals surface area contributed by atoms with Gasteiger partial charge in [-0.25, -0.2) is 0 Å². The largest absolute Gasteiger partial charge is 0.371 e. The lowest BCUT2D eigenvalue weighted by Crippen LogP contribution is -2.40. The summed E-state index contributed by atoms with van der Waals surface area (Å²) in [5.41, 5.74) is 3.39. The Balaban J connectivity index is 2.15. The lowest BCUT2D eigenvalue weighted by molar-refractivity contribution is 0.199. The molecule has 1 aromatic carbocycles. The van der Waals surface area contributed by atoms with Crippen molar-refractivity contribution >= 4 is 21.6 Å². The van der Waals surface area contributed by atoms with E-state index in [4.69, 9.17) is 0 Å². The first kappa shape index (κ1) is 15.8. The topological polar surface area (TPSA) is 15.3 Å². The Morgan fingerprint density at radius 3 is 2.40 bits per heavy atom. The third-order valence-corrected chi connectivity index (χ3v) is 5.57. The summed E-state index contributed by atoms with van der Waals surface area (Å²) in [7, 11) is 2.02. The normalized spacial score (nSPS) is 18.3. The number of hydrogen-bond acceptors (Lipinski definition) is 2. The number of nitrogens with one attached hydrogen (secondary N) is 1. The van der Waals surface area contributed by atoms with Crippen LogP contribution in [0.3, 0.4) is 0 Å². The van der Waals surface area contributed by atoms with Crippen LogP contribution >= 0.6 is 15.9 Å². The Bertz CT molecular complexity index is 431. The molecule has 3 heteroatoms. The summed E-state index contributed by atoms with van der Waals surface area (Å²) in [6.07, 6.45) is 5.29. The van der Waals surface area contributed by atoms with E-state index in [1.807, 2.05) is 7.05 Å². The second kappa shape index (κ2) is 6.95. The highest BCUT2D eigenvalue weighted by Gasteiger charge is 2.31. The highest BCUT2D eigenvalue weighted by Crippen LogP contribution is 2.40. The van der Waals surface area contributed by atoms with E-state index in [1.165, 1.54) is 54.5 Å². The van der Waals surface area contributed by atoms with Crippen molar-refractivity contribution < 1.29 is 0 Å². The fourth-order valence-corrected chi connectivity index (χ4v) is 3.70. The van der Waals surface area contributed by atoms with E-state index < -0.39 is 0 Å². The third kappa shape index (κ3) is 3.37. The van der Waals surface area contributed by atoms with E-state index in [-0.39, 0.29) is 0 Å². The van der Waals surface area contributed by atoms with Crippen molar-refractivity contribution in [3.63, 3.8) is 0 Å². The van der Waals surface area contributed by atoms with Crippen LogP contribution in [0.2, 0.25) is 0 Å². The third-order valence-electron chi connectivity index (χ3n) is 5.08. The van der Waals surface area contributed by atoms with Gasteiger partial charge in [0.2, 0.25) is 0 Å².